The summed E-state index contributed by atoms with van der Waals surface area (Å²) in [6, 6.07) is 0.349. The third-order valence-electron chi connectivity index (χ3n) is 4.87. The Hall–Kier alpha value is -1.21. The fourth-order valence-corrected chi connectivity index (χ4v) is 3.70. The van der Waals surface area contributed by atoms with Crippen LogP contribution in [0, 0.1) is 5.92 Å². The lowest BCUT2D eigenvalue weighted by molar-refractivity contribution is 0.0996. The topological polar surface area (TPSA) is 53.4 Å². The predicted octanol–water partition coefficient (Wildman–Crippen LogP) is 2.20. The number of likely N-dealkylation sites (tertiary alicyclic amines) is 1. The van der Waals surface area contributed by atoms with Gasteiger partial charge in [-0.1, -0.05) is 6.92 Å². The fraction of sp³-hybridized carbons (Fsp3) is 0.765. The van der Waals surface area contributed by atoms with Crippen molar-refractivity contribution in [3.63, 3.8) is 0 Å². The van der Waals surface area contributed by atoms with Crippen LogP contribution in [0.4, 0.5) is 4.79 Å². The molecule has 0 aromatic carbocycles. The van der Waals surface area contributed by atoms with Crippen molar-refractivity contribution in [3.8, 4) is 0 Å². The molecule has 0 saturated carbocycles. The van der Waals surface area contributed by atoms with Crippen molar-refractivity contribution < 1.29 is 4.79 Å². The molecule has 2 amide bonds. The molecule has 1 saturated heterocycles. The average Bonchev–Trinajstić information content (AvgIpc) is 2.98. The summed E-state index contributed by atoms with van der Waals surface area (Å²) in [5, 5.41) is 7.79. The number of hydrogen-bond acceptors (Lipinski definition) is 4. The predicted molar refractivity (Wildman–Crippen MR) is 100 cm³/mol. The van der Waals surface area contributed by atoms with Gasteiger partial charge in [0.1, 0.15) is 0 Å². The van der Waals surface area contributed by atoms with Crippen LogP contribution in [0.15, 0.2) is 12.4 Å². The lowest BCUT2D eigenvalue weighted by atomic mass is 9.86. The van der Waals surface area contributed by atoms with E-state index in [1.165, 1.54) is 12.0 Å². The fourth-order valence-electron chi connectivity index (χ4n) is 3.45. The molecule has 136 valence electrons. The third-order valence-corrected chi connectivity index (χ3v) is 5.84. The van der Waals surface area contributed by atoms with Gasteiger partial charge >= 0.3 is 6.03 Å². The number of nitrogens with one attached hydrogen (secondary N) is 1. The highest BCUT2D eigenvalue weighted by molar-refractivity contribution is 7.99. The van der Waals surface area contributed by atoms with E-state index in [1.54, 1.807) is 11.8 Å². The van der Waals surface area contributed by atoms with E-state index in [-0.39, 0.29) is 6.03 Å². The van der Waals surface area contributed by atoms with Gasteiger partial charge in [-0.05, 0) is 38.6 Å². The molecular formula is C17H31N5OS. The molecule has 0 radical (unpaired) electrons. The number of rotatable bonds is 6. The Morgan fingerprint density at radius 3 is 2.92 bits per heavy atom. The Morgan fingerprint density at radius 1 is 1.54 bits per heavy atom. The van der Waals surface area contributed by atoms with Crippen molar-refractivity contribution in [2.45, 2.75) is 31.1 Å². The van der Waals surface area contributed by atoms with Crippen LogP contribution >= 0.6 is 11.8 Å². The first-order chi connectivity index (χ1) is 11.4. The second-order valence-corrected chi connectivity index (χ2v) is 8.16. The SMILES string of the molecule is CSC(C)CNC(=O)N(C)C[C@@H]1CCCN(C)[C@H]1c1cnn(C)c1. The number of aryl methyl sites for hydroxylation is 1. The van der Waals surface area contributed by atoms with Crippen LogP contribution in [0.1, 0.15) is 31.4 Å². The lowest BCUT2D eigenvalue weighted by Crippen LogP contribution is -2.46. The maximum absolute atomic E-state index is 12.3. The molecule has 3 atom stereocenters. The Morgan fingerprint density at radius 2 is 2.29 bits per heavy atom. The number of thioether (sulfide) groups is 1. The van der Waals surface area contributed by atoms with Gasteiger partial charge in [-0.15, -0.1) is 0 Å². The van der Waals surface area contributed by atoms with Gasteiger partial charge in [0.25, 0.3) is 0 Å². The largest absolute Gasteiger partial charge is 0.337 e. The molecule has 0 spiro atoms. The molecule has 6 nitrogen and oxygen atoms in total. The lowest BCUT2D eigenvalue weighted by Gasteiger charge is -2.40. The summed E-state index contributed by atoms with van der Waals surface area (Å²) < 4.78 is 1.86. The number of hydrogen-bond donors (Lipinski definition) is 1. The van der Waals surface area contributed by atoms with Crippen molar-refractivity contribution in [2.75, 3.05) is 40.0 Å². The summed E-state index contributed by atoms with van der Waals surface area (Å²) in [6.45, 7) is 4.70. The summed E-state index contributed by atoms with van der Waals surface area (Å²) >= 11 is 1.77. The summed E-state index contributed by atoms with van der Waals surface area (Å²) in [7, 11) is 6.02. The number of urea groups is 1. The Bertz CT molecular complexity index is 535. The van der Waals surface area contributed by atoms with Crippen LogP contribution in [0.3, 0.4) is 0 Å². The molecule has 7 heteroatoms. The van der Waals surface area contributed by atoms with E-state index < -0.39 is 0 Å². The van der Waals surface area contributed by atoms with Crippen molar-refractivity contribution in [3.05, 3.63) is 18.0 Å². The summed E-state index contributed by atoms with van der Waals surface area (Å²) in [6.07, 6.45) is 8.44. The molecule has 1 aromatic heterocycles. The third kappa shape index (κ3) is 4.89. The maximum Gasteiger partial charge on any atom is 0.317 e. The van der Waals surface area contributed by atoms with Crippen LogP contribution in [0.2, 0.25) is 0 Å². The molecule has 1 N–H and O–H groups in total. The van der Waals surface area contributed by atoms with Crippen LogP contribution in [-0.4, -0.2) is 70.8 Å². The Kier molecular flexibility index (Phi) is 6.98. The first-order valence-electron chi connectivity index (χ1n) is 8.63. The van der Waals surface area contributed by atoms with Crippen molar-refractivity contribution >= 4 is 17.8 Å². The molecule has 2 heterocycles. The maximum atomic E-state index is 12.3. The zero-order valence-corrected chi connectivity index (χ0v) is 16.3. The summed E-state index contributed by atoms with van der Waals surface area (Å²) in [4.78, 5) is 16.6. The number of nitrogens with zero attached hydrogens (tertiary/aromatic N) is 4. The number of amides is 2. The van der Waals surface area contributed by atoms with Gasteiger partial charge in [-0.2, -0.15) is 16.9 Å². The molecule has 1 aliphatic heterocycles. The van der Waals surface area contributed by atoms with Crippen molar-refractivity contribution in [2.24, 2.45) is 13.0 Å². The molecule has 1 fully saturated rings. The molecule has 2 rings (SSSR count). The minimum absolute atomic E-state index is 0.0223. The molecule has 24 heavy (non-hydrogen) atoms. The van der Waals surface area contributed by atoms with Crippen LogP contribution in [0.5, 0.6) is 0 Å². The highest BCUT2D eigenvalue weighted by atomic mass is 32.2. The van der Waals surface area contributed by atoms with Gasteiger partial charge in [0.15, 0.2) is 0 Å². The number of carbonyl (C=O) groups is 1. The number of piperidine rings is 1. The van der Waals surface area contributed by atoms with Gasteiger partial charge in [-0.3, -0.25) is 9.58 Å². The quantitative estimate of drug-likeness (QED) is 0.852. The second kappa shape index (κ2) is 8.76. The molecule has 0 bridgehead atoms. The van der Waals surface area contributed by atoms with Crippen LogP contribution in [0.25, 0.3) is 0 Å². The number of carbonyl (C=O) groups excluding carboxylic acids is 1. The first-order valence-corrected chi connectivity index (χ1v) is 9.91. The Balaban J connectivity index is 1.98. The monoisotopic (exact) mass is 353 g/mol. The summed E-state index contributed by atoms with van der Waals surface area (Å²) in [5.41, 5.74) is 1.24. The van der Waals surface area contributed by atoms with Gasteiger partial charge in [0.05, 0.1) is 6.20 Å². The van der Waals surface area contributed by atoms with E-state index in [2.05, 4.69) is 41.7 Å². The molecule has 1 aromatic rings. The molecule has 0 aliphatic carbocycles. The van der Waals surface area contributed by atoms with E-state index in [4.69, 9.17) is 0 Å². The van der Waals surface area contributed by atoms with E-state index >= 15 is 0 Å². The Labute approximate surface area is 149 Å². The van der Waals surface area contributed by atoms with Crippen molar-refractivity contribution in [1.82, 2.24) is 24.9 Å². The highest BCUT2D eigenvalue weighted by Gasteiger charge is 2.32. The van der Waals surface area contributed by atoms with Crippen molar-refractivity contribution in [1.29, 1.82) is 0 Å². The van der Waals surface area contributed by atoms with Gasteiger partial charge in [-0.25, -0.2) is 4.79 Å². The van der Waals surface area contributed by atoms with E-state index in [9.17, 15) is 4.79 Å². The van der Waals surface area contributed by atoms with E-state index in [0.717, 1.165) is 19.5 Å². The molecule has 1 unspecified atom stereocenters. The zero-order valence-electron chi connectivity index (χ0n) is 15.5. The average molecular weight is 354 g/mol. The highest BCUT2D eigenvalue weighted by Crippen LogP contribution is 2.35. The van der Waals surface area contributed by atoms with Gasteiger partial charge < -0.3 is 10.2 Å². The number of aromatic nitrogens is 2. The van der Waals surface area contributed by atoms with Crippen LogP contribution in [-0.2, 0) is 7.05 Å². The summed E-state index contributed by atoms with van der Waals surface area (Å²) in [5.74, 6) is 0.432. The molecular weight excluding hydrogens is 322 g/mol. The minimum Gasteiger partial charge on any atom is -0.337 e. The zero-order chi connectivity index (χ0) is 17.7. The minimum atomic E-state index is 0.0223. The smallest absolute Gasteiger partial charge is 0.317 e. The first kappa shape index (κ1) is 19.1. The molecule has 1 aliphatic rings. The van der Waals surface area contributed by atoms with E-state index in [1.807, 2.05) is 29.9 Å². The van der Waals surface area contributed by atoms with Gasteiger partial charge in [0, 0.05) is 50.2 Å². The van der Waals surface area contributed by atoms with Crippen LogP contribution < -0.4 is 5.32 Å². The van der Waals surface area contributed by atoms with E-state index in [0.29, 0.717) is 23.8 Å². The normalized spacial score (nSPS) is 23.0. The second-order valence-electron chi connectivity index (χ2n) is 6.89. The van der Waals surface area contributed by atoms with Gasteiger partial charge in [0.2, 0.25) is 0 Å². The standard InChI is InChI=1S/C17H31N5OS/c1-13(24-5)9-18-17(23)21(3)11-14-7-6-8-20(2)16(14)15-10-19-22(4)12-15/h10,12-14,16H,6-9,11H2,1-5H3,(H,18,23)/t13?,14-,16+/m0/s1.